The third-order valence-corrected chi connectivity index (χ3v) is 2.41. The van der Waals surface area contributed by atoms with Crippen LogP contribution in [0.5, 0.6) is 0 Å². The van der Waals surface area contributed by atoms with E-state index in [9.17, 15) is 20.4 Å². The van der Waals surface area contributed by atoms with E-state index in [1.165, 1.54) is 0 Å². The molecule has 0 aliphatic rings. The molecule has 0 aromatic rings. The van der Waals surface area contributed by atoms with Gasteiger partial charge in [-0.05, 0) is 39.0 Å². The predicted molar refractivity (Wildman–Crippen MR) is 70.5 cm³/mol. The van der Waals surface area contributed by atoms with Crippen LogP contribution in [0.3, 0.4) is 0 Å². The van der Waals surface area contributed by atoms with Crippen molar-refractivity contribution < 1.29 is 20.4 Å². The van der Waals surface area contributed by atoms with E-state index in [1.54, 1.807) is 0 Å². The molecule has 9 heteroatoms. The zero-order chi connectivity index (χ0) is 14.7. The van der Waals surface area contributed by atoms with E-state index in [2.05, 4.69) is 16.0 Å². The van der Waals surface area contributed by atoms with Crippen molar-refractivity contribution in [2.45, 2.75) is 37.8 Å². The highest BCUT2D eigenvalue weighted by molar-refractivity contribution is 4.69. The predicted octanol–water partition coefficient (Wildman–Crippen LogP) is -4.27. The van der Waals surface area contributed by atoms with E-state index in [0.29, 0.717) is 39.0 Å². The van der Waals surface area contributed by atoms with Crippen LogP contribution in [0.15, 0.2) is 0 Å². The third kappa shape index (κ3) is 9.21. The smallest absolute Gasteiger partial charge is 0.146 e. The summed E-state index contributed by atoms with van der Waals surface area (Å²) in [5.74, 6) is 0. The Balaban J connectivity index is 3.85. The number of nitrogens with one attached hydrogen (secondary N) is 3. The fraction of sp³-hybridized carbons (Fsp3) is 1.00. The minimum Gasteiger partial charge on any atom is -0.374 e. The van der Waals surface area contributed by atoms with Crippen molar-refractivity contribution in [2.75, 3.05) is 26.2 Å². The lowest BCUT2D eigenvalue weighted by Gasteiger charge is -2.26. The Kier molecular flexibility index (Phi) is 11.2. The number of nitrogens with two attached hydrogens (primary N) is 2. The quantitative estimate of drug-likeness (QED) is 0.127. The van der Waals surface area contributed by atoms with Gasteiger partial charge >= 0.3 is 0 Å². The highest BCUT2D eigenvalue weighted by Crippen LogP contribution is 1.92. The van der Waals surface area contributed by atoms with Crippen molar-refractivity contribution in [2.24, 2.45) is 11.5 Å². The maximum atomic E-state index is 9.53. The third-order valence-electron chi connectivity index (χ3n) is 2.41. The van der Waals surface area contributed by atoms with E-state index in [-0.39, 0.29) is 0 Å². The van der Waals surface area contributed by atoms with Crippen molar-refractivity contribution in [3.05, 3.63) is 0 Å². The Morgan fingerprint density at radius 1 is 0.684 bits per heavy atom. The van der Waals surface area contributed by atoms with Crippen LogP contribution in [0.2, 0.25) is 0 Å². The van der Waals surface area contributed by atoms with Crippen LogP contribution in [0.1, 0.15) is 12.8 Å². The Bertz CT molecular complexity index is 192. The van der Waals surface area contributed by atoms with Crippen molar-refractivity contribution in [1.29, 1.82) is 0 Å². The normalized spacial score (nSPS) is 18.0. The fourth-order valence-corrected chi connectivity index (χ4v) is 1.28. The van der Waals surface area contributed by atoms with E-state index in [0.717, 1.165) is 0 Å². The van der Waals surface area contributed by atoms with Gasteiger partial charge in [0.1, 0.15) is 24.9 Å². The average Bonchev–Trinajstić information content (AvgIpc) is 2.38. The van der Waals surface area contributed by atoms with Gasteiger partial charge in [-0.25, -0.2) is 0 Å². The van der Waals surface area contributed by atoms with Crippen LogP contribution in [-0.4, -0.2) is 71.5 Å². The second kappa shape index (κ2) is 11.5. The number of aliphatic hydroxyl groups is 4. The van der Waals surface area contributed by atoms with Crippen molar-refractivity contribution >= 4 is 0 Å². The van der Waals surface area contributed by atoms with Gasteiger partial charge in [-0.15, -0.1) is 0 Å². The zero-order valence-electron chi connectivity index (χ0n) is 11.0. The summed E-state index contributed by atoms with van der Waals surface area (Å²) in [7, 11) is 0. The Hall–Kier alpha value is -0.360. The second-order valence-corrected chi connectivity index (χ2v) is 4.14. The van der Waals surface area contributed by atoms with E-state index >= 15 is 0 Å². The summed E-state index contributed by atoms with van der Waals surface area (Å²) in [6.45, 7) is 1.80. The zero-order valence-corrected chi connectivity index (χ0v) is 11.0. The molecule has 9 nitrogen and oxygen atoms in total. The maximum Gasteiger partial charge on any atom is 0.146 e. The van der Waals surface area contributed by atoms with Gasteiger partial charge in [-0.1, -0.05) is 0 Å². The van der Waals surface area contributed by atoms with Gasteiger partial charge in [0.15, 0.2) is 0 Å². The van der Waals surface area contributed by atoms with E-state index in [4.69, 9.17) is 11.5 Å². The largest absolute Gasteiger partial charge is 0.374 e. The van der Waals surface area contributed by atoms with Crippen LogP contribution in [0.4, 0.5) is 0 Å². The summed E-state index contributed by atoms with van der Waals surface area (Å²) in [6.07, 6.45) is -4.07. The Morgan fingerprint density at radius 2 is 1.05 bits per heavy atom. The number of rotatable bonds is 12. The number of hydrogen-bond donors (Lipinski definition) is 9. The molecule has 0 bridgehead atoms. The van der Waals surface area contributed by atoms with Crippen molar-refractivity contribution in [1.82, 2.24) is 16.0 Å². The molecule has 0 heterocycles. The molecule has 4 atom stereocenters. The molecular weight excluding hydrogens is 254 g/mol. The fourth-order valence-electron chi connectivity index (χ4n) is 1.28. The topological polar surface area (TPSA) is 169 Å². The summed E-state index contributed by atoms with van der Waals surface area (Å²) in [5.41, 5.74) is 10.6. The van der Waals surface area contributed by atoms with Gasteiger partial charge in [0.25, 0.3) is 0 Å². The lowest BCUT2D eigenvalue weighted by Crippen LogP contribution is -2.57. The number of aliphatic hydroxyl groups excluding tert-OH is 4. The SMILES string of the molecule is NCCCNC(O)C(O)NC(O)C(O)NCCCN. The summed E-state index contributed by atoms with van der Waals surface area (Å²) < 4.78 is 0. The molecule has 19 heavy (non-hydrogen) atoms. The van der Waals surface area contributed by atoms with Gasteiger partial charge in [0, 0.05) is 0 Å². The molecule has 0 aromatic carbocycles. The molecule has 0 fully saturated rings. The minimum absolute atomic E-state index is 0.434. The maximum absolute atomic E-state index is 9.53. The summed E-state index contributed by atoms with van der Waals surface area (Å²) in [6, 6.07) is 0. The molecule has 0 aromatic heterocycles. The highest BCUT2D eigenvalue weighted by atomic mass is 16.4. The van der Waals surface area contributed by atoms with Crippen molar-refractivity contribution in [3.8, 4) is 0 Å². The lowest BCUT2D eigenvalue weighted by atomic mass is 10.3. The number of hydrogen-bond acceptors (Lipinski definition) is 9. The first-order chi connectivity index (χ1) is 9.02. The standard InChI is InChI=1S/C10H27N5O4/c11-3-1-5-13-7(16)9(18)15-10(19)8(17)14-6-2-4-12/h7-10,13-19H,1-6,11-12H2. The minimum atomic E-state index is -1.42. The van der Waals surface area contributed by atoms with Crippen LogP contribution in [0, 0.1) is 0 Å². The Labute approximate surface area is 113 Å². The molecule has 0 saturated heterocycles. The molecule has 4 unspecified atom stereocenters. The highest BCUT2D eigenvalue weighted by Gasteiger charge is 2.22. The first-order valence-electron chi connectivity index (χ1n) is 6.38. The lowest BCUT2D eigenvalue weighted by molar-refractivity contribution is -0.0895. The first kappa shape index (κ1) is 18.6. The van der Waals surface area contributed by atoms with Gasteiger partial charge in [-0.2, -0.15) is 0 Å². The molecule has 0 rings (SSSR count). The van der Waals surface area contributed by atoms with Gasteiger partial charge in [0.2, 0.25) is 0 Å². The summed E-state index contributed by atoms with van der Waals surface area (Å²) in [4.78, 5) is 0. The molecule has 0 aliphatic carbocycles. The van der Waals surface area contributed by atoms with Crippen LogP contribution >= 0.6 is 0 Å². The first-order valence-corrected chi connectivity index (χ1v) is 6.38. The van der Waals surface area contributed by atoms with Crippen LogP contribution in [0.25, 0.3) is 0 Å². The van der Waals surface area contributed by atoms with Crippen LogP contribution < -0.4 is 27.4 Å². The molecule has 0 aliphatic heterocycles. The second-order valence-electron chi connectivity index (χ2n) is 4.14. The van der Waals surface area contributed by atoms with Crippen LogP contribution in [-0.2, 0) is 0 Å². The molecule has 0 radical (unpaired) electrons. The molecular formula is C10H27N5O4. The summed E-state index contributed by atoms with van der Waals surface area (Å²) in [5, 5.41) is 45.5. The van der Waals surface area contributed by atoms with Gasteiger partial charge in [-0.3, -0.25) is 16.0 Å². The van der Waals surface area contributed by atoms with Crippen molar-refractivity contribution in [3.63, 3.8) is 0 Å². The summed E-state index contributed by atoms with van der Waals surface area (Å²) >= 11 is 0. The molecule has 0 amide bonds. The average molecular weight is 281 g/mol. The van der Waals surface area contributed by atoms with E-state index in [1.807, 2.05) is 0 Å². The molecule has 0 saturated carbocycles. The van der Waals surface area contributed by atoms with Gasteiger partial charge in [0.05, 0.1) is 0 Å². The monoisotopic (exact) mass is 281 g/mol. The molecule has 0 spiro atoms. The molecule has 116 valence electrons. The Morgan fingerprint density at radius 3 is 1.37 bits per heavy atom. The van der Waals surface area contributed by atoms with E-state index < -0.39 is 24.9 Å². The van der Waals surface area contributed by atoms with Gasteiger partial charge < -0.3 is 31.9 Å². The molecule has 11 N–H and O–H groups in total.